The summed E-state index contributed by atoms with van der Waals surface area (Å²) < 4.78 is 9.38. The second-order valence-corrected chi connectivity index (χ2v) is 5.87. The van der Waals surface area contributed by atoms with Crippen molar-refractivity contribution in [2.45, 2.75) is 38.0 Å². The summed E-state index contributed by atoms with van der Waals surface area (Å²) in [4.78, 5) is 45.6. The van der Waals surface area contributed by atoms with E-state index in [4.69, 9.17) is 9.84 Å². The number of aliphatic hydroxyl groups excluding tert-OH is 1. The van der Waals surface area contributed by atoms with E-state index < -0.39 is 42.5 Å². The third-order valence-electron chi connectivity index (χ3n) is 3.61. The molecule has 0 unspecified atom stereocenters. The van der Waals surface area contributed by atoms with E-state index in [2.05, 4.69) is 15.4 Å². The van der Waals surface area contributed by atoms with Crippen molar-refractivity contribution in [3.8, 4) is 0 Å². The Morgan fingerprint density at radius 3 is 2.43 bits per heavy atom. The van der Waals surface area contributed by atoms with Gasteiger partial charge in [0.2, 0.25) is 5.91 Å². The molecule has 4 N–H and O–H groups in total. The molecule has 1 aromatic carbocycles. The summed E-state index contributed by atoms with van der Waals surface area (Å²) in [6.07, 6.45) is -2.75. The second kappa shape index (κ2) is 12.3. The van der Waals surface area contributed by atoms with Gasteiger partial charge in [-0.05, 0) is 12.0 Å². The van der Waals surface area contributed by atoms with Crippen LogP contribution < -0.4 is 10.6 Å². The zero-order chi connectivity index (χ0) is 20.9. The molecule has 0 aliphatic carbocycles. The van der Waals surface area contributed by atoms with Gasteiger partial charge in [-0.25, -0.2) is 9.59 Å². The fourth-order valence-electron chi connectivity index (χ4n) is 2.14. The van der Waals surface area contributed by atoms with Crippen LogP contribution in [0.2, 0.25) is 0 Å². The maximum Gasteiger partial charge on any atom is 0.407 e. The predicted octanol–water partition coefficient (Wildman–Crippen LogP) is 0.186. The number of ether oxygens (including phenoxy) is 2. The van der Waals surface area contributed by atoms with Crippen molar-refractivity contribution < 1.29 is 38.9 Å². The summed E-state index contributed by atoms with van der Waals surface area (Å²) in [6, 6.07) is 7.71. The van der Waals surface area contributed by atoms with Gasteiger partial charge in [-0.1, -0.05) is 30.3 Å². The number of esters is 1. The van der Waals surface area contributed by atoms with Crippen LogP contribution in [0.5, 0.6) is 0 Å². The number of alkyl carbamates (subject to hydrolysis) is 1. The molecule has 2 amide bonds. The number of aliphatic carboxylic acids is 1. The fourth-order valence-corrected chi connectivity index (χ4v) is 2.14. The van der Waals surface area contributed by atoms with E-state index in [1.165, 1.54) is 7.11 Å². The van der Waals surface area contributed by atoms with Crippen LogP contribution in [0.4, 0.5) is 4.79 Å². The van der Waals surface area contributed by atoms with Crippen molar-refractivity contribution in [3.63, 3.8) is 0 Å². The van der Waals surface area contributed by atoms with E-state index in [1.54, 1.807) is 24.3 Å². The number of carboxylic acids is 1. The van der Waals surface area contributed by atoms with Crippen molar-refractivity contribution in [3.05, 3.63) is 35.9 Å². The largest absolute Gasteiger partial charge is 0.480 e. The standard InChI is InChI=1S/C18H24N2O8/c1-27-16(23)8-7-14(17(24)25)20-15(22)9-13(21)10-19-18(26)28-11-12-5-3-2-4-6-12/h2-6,13-14,21H,7-11H2,1H3,(H,19,26)(H,20,22)(H,24,25)/t13-,14-/m0/s1. The first-order chi connectivity index (χ1) is 13.3. The van der Waals surface area contributed by atoms with Gasteiger partial charge in [0.25, 0.3) is 0 Å². The average molecular weight is 396 g/mol. The first kappa shape index (κ1) is 22.9. The molecule has 1 rings (SSSR count). The molecule has 0 heterocycles. The lowest BCUT2D eigenvalue weighted by Gasteiger charge is -2.16. The summed E-state index contributed by atoms with van der Waals surface area (Å²) >= 11 is 0. The Hall–Kier alpha value is -3.14. The molecule has 10 nitrogen and oxygen atoms in total. The minimum absolute atomic E-state index is 0.0593. The first-order valence-electron chi connectivity index (χ1n) is 8.53. The number of carbonyl (C=O) groups is 4. The number of amides is 2. The molecule has 0 spiro atoms. The van der Waals surface area contributed by atoms with Crippen molar-refractivity contribution in [2.75, 3.05) is 13.7 Å². The molecule has 0 bridgehead atoms. The molecule has 0 saturated carbocycles. The molecule has 1 aromatic rings. The van der Waals surface area contributed by atoms with E-state index >= 15 is 0 Å². The summed E-state index contributed by atoms with van der Waals surface area (Å²) in [7, 11) is 1.17. The van der Waals surface area contributed by atoms with Gasteiger partial charge in [0.15, 0.2) is 0 Å². The summed E-state index contributed by atoms with van der Waals surface area (Å²) in [5.41, 5.74) is 0.796. The van der Waals surface area contributed by atoms with Gasteiger partial charge in [-0.15, -0.1) is 0 Å². The monoisotopic (exact) mass is 396 g/mol. The molecule has 0 aromatic heterocycles. The first-order valence-corrected chi connectivity index (χ1v) is 8.53. The lowest BCUT2D eigenvalue weighted by molar-refractivity contribution is -0.144. The van der Waals surface area contributed by atoms with Gasteiger partial charge in [0.1, 0.15) is 12.6 Å². The van der Waals surface area contributed by atoms with Gasteiger partial charge in [-0.2, -0.15) is 0 Å². The Morgan fingerprint density at radius 2 is 1.82 bits per heavy atom. The molecular formula is C18H24N2O8. The van der Waals surface area contributed by atoms with Crippen LogP contribution in [0.25, 0.3) is 0 Å². The Morgan fingerprint density at radius 1 is 1.14 bits per heavy atom. The molecule has 28 heavy (non-hydrogen) atoms. The molecule has 0 radical (unpaired) electrons. The smallest absolute Gasteiger partial charge is 0.407 e. The van der Waals surface area contributed by atoms with Crippen LogP contribution in [0, 0.1) is 0 Å². The number of carbonyl (C=O) groups excluding carboxylic acids is 3. The third kappa shape index (κ3) is 9.53. The lowest BCUT2D eigenvalue weighted by atomic mass is 10.1. The highest BCUT2D eigenvalue weighted by Crippen LogP contribution is 2.02. The van der Waals surface area contributed by atoms with Gasteiger partial charge in [-0.3, -0.25) is 9.59 Å². The quantitative estimate of drug-likeness (QED) is 0.387. The topological polar surface area (TPSA) is 151 Å². The van der Waals surface area contributed by atoms with Gasteiger partial charge in [0, 0.05) is 13.0 Å². The summed E-state index contributed by atoms with van der Waals surface area (Å²) in [5, 5.41) is 23.4. The number of methoxy groups -OCH3 is 1. The van der Waals surface area contributed by atoms with Crippen molar-refractivity contribution in [1.82, 2.24) is 10.6 Å². The number of rotatable bonds is 11. The zero-order valence-electron chi connectivity index (χ0n) is 15.4. The van der Waals surface area contributed by atoms with Crippen LogP contribution >= 0.6 is 0 Å². The second-order valence-electron chi connectivity index (χ2n) is 5.87. The van der Waals surface area contributed by atoms with Gasteiger partial charge in [0.05, 0.1) is 19.6 Å². The van der Waals surface area contributed by atoms with Crippen molar-refractivity contribution >= 4 is 23.9 Å². The van der Waals surface area contributed by atoms with Crippen LogP contribution in [-0.2, 0) is 30.5 Å². The van der Waals surface area contributed by atoms with E-state index in [0.717, 1.165) is 5.56 Å². The highest BCUT2D eigenvalue weighted by molar-refractivity contribution is 5.84. The number of hydrogen-bond donors (Lipinski definition) is 4. The van der Waals surface area contributed by atoms with Crippen LogP contribution in [0.3, 0.4) is 0 Å². The highest BCUT2D eigenvalue weighted by Gasteiger charge is 2.22. The Labute approximate surface area is 161 Å². The Bertz CT molecular complexity index is 665. The SMILES string of the molecule is COC(=O)CC[C@H](NC(=O)C[C@H](O)CNC(=O)OCc1ccccc1)C(=O)O. The molecule has 0 fully saturated rings. The summed E-state index contributed by atoms with van der Waals surface area (Å²) in [6.45, 7) is -0.190. The van der Waals surface area contributed by atoms with Crippen LogP contribution in [0.15, 0.2) is 30.3 Å². The summed E-state index contributed by atoms with van der Waals surface area (Å²) in [5.74, 6) is -2.64. The van der Waals surface area contributed by atoms with Crippen molar-refractivity contribution in [2.24, 2.45) is 0 Å². The fraction of sp³-hybridized carbons (Fsp3) is 0.444. The average Bonchev–Trinajstić information content (AvgIpc) is 2.68. The Kier molecular flexibility index (Phi) is 10.0. The molecular weight excluding hydrogens is 372 g/mol. The minimum atomic E-state index is -1.31. The number of aliphatic hydroxyl groups is 1. The van der Waals surface area contributed by atoms with Crippen molar-refractivity contribution in [1.29, 1.82) is 0 Å². The number of nitrogens with one attached hydrogen (secondary N) is 2. The van der Waals surface area contributed by atoms with Crippen LogP contribution in [0.1, 0.15) is 24.8 Å². The number of carboxylic acid groups (broad SMARTS) is 1. The maximum absolute atomic E-state index is 11.8. The van der Waals surface area contributed by atoms with E-state index in [9.17, 15) is 24.3 Å². The third-order valence-corrected chi connectivity index (χ3v) is 3.61. The molecule has 2 atom stereocenters. The number of hydrogen-bond acceptors (Lipinski definition) is 7. The molecule has 10 heteroatoms. The maximum atomic E-state index is 11.8. The molecule has 154 valence electrons. The molecule has 0 saturated heterocycles. The normalized spacial score (nSPS) is 12.4. The van der Waals surface area contributed by atoms with E-state index in [0.29, 0.717) is 0 Å². The van der Waals surface area contributed by atoms with Gasteiger partial charge >= 0.3 is 18.0 Å². The Balaban J connectivity index is 2.31. The van der Waals surface area contributed by atoms with E-state index in [-0.39, 0.29) is 26.0 Å². The van der Waals surface area contributed by atoms with Crippen LogP contribution in [-0.4, -0.2) is 60.0 Å². The minimum Gasteiger partial charge on any atom is -0.480 e. The predicted molar refractivity (Wildman–Crippen MR) is 96.1 cm³/mol. The van der Waals surface area contributed by atoms with Gasteiger partial charge < -0.3 is 30.3 Å². The highest BCUT2D eigenvalue weighted by atomic mass is 16.5. The van der Waals surface area contributed by atoms with E-state index in [1.807, 2.05) is 6.07 Å². The zero-order valence-corrected chi connectivity index (χ0v) is 15.4. The number of benzene rings is 1. The molecule has 0 aliphatic heterocycles. The lowest BCUT2D eigenvalue weighted by Crippen LogP contribution is -2.43. The molecule has 0 aliphatic rings.